The largest absolute Gasteiger partial charge is 0.378 e. The number of piperidine rings is 1. The van der Waals surface area contributed by atoms with Crippen molar-refractivity contribution in [1.29, 1.82) is 0 Å². The number of ether oxygens (including phenoxy) is 1. The van der Waals surface area contributed by atoms with E-state index in [1.807, 2.05) is 11.8 Å². The van der Waals surface area contributed by atoms with E-state index in [1.54, 1.807) is 18.2 Å². The molecule has 25 heavy (non-hydrogen) atoms. The molecular formula is C17H23ClN2O4S. The van der Waals surface area contributed by atoms with Gasteiger partial charge < -0.3 is 9.64 Å². The summed E-state index contributed by atoms with van der Waals surface area (Å²) in [6.07, 6.45) is 1.08. The minimum absolute atomic E-state index is 0.113. The number of hydrogen-bond donors (Lipinski definition) is 0. The number of benzene rings is 1. The summed E-state index contributed by atoms with van der Waals surface area (Å²) < 4.78 is 32.4. The lowest BCUT2D eigenvalue weighted by Crippen LogP contribution is -2.47. The molecule has 0 aromatic heterocycles. The van der Waals surface area contributed by atoms with Crippen molar-refractivity contribution in [2.24, 2.45) is 5.92 Å². The van der Waals surface area contributed by atoms with Gasteiger partial charge >= 0.3 is 0 Å². The third-order valence-corrected chi connectivity index (χ3v) is 7.21. The van der Waals surface area contributed by atoms with Crippen LogP contribution in [0.2, 0.25) is 5.02 Å². The standard InChI is InChI=1S/C17H23ClN2O4S/c1-13-2-3-16(15(18)12-13)25(22,23)20-6-4-14(5-7-20)17(21)19-8-10-24-11-9-19/h2-3,12,14H,4-11H2,1H3. The number of hydrogen-bond acceptors (Lipinski definition) is 4. The van der Waals surface area contributed by atoms with Gasteiger partial charge in [0.1, 0.15) is 4.90 Å². The van der Waals surface area contributed by atoms with E-state index in [4.69, 9.17) is 16.3 Å². The van der Waals surface area contributed by atoms with Crippen molar-refractivity contribution < 1.29 is 17.9 Å². The predicted molar refractivity (Wildman–Crippen MR) is 95.1 cm³/mol. The molecule has 0 radical (unpaired) electrons. The molecule has 0 atom stereocenters. The van der Waals surface area contributed by atoms with Gasteiger partial charge in [0.2, 0.25) is 15.9 Å². The molecule has 2 saturated heterocycles. The molecule has 2 aliphatic heterocycles. The lowest BCUT2D eigenvalue weighted by molar-refractivity contribution is -0.140. The summed E-state index contributed by atoms with van der Waals surface area (Å²) in [5.74, 6) is 0.00626. The van der Waals surface area contributed by atoms with Crippen LogP contribution in [0.15, 0.2) is 23.1 Å². The Morgan fingerprint density at radius 2 is 1.80 bits per heavy atom. The van der Waals surface area contributed by atoms with Crippen LogP contribution < -0.4 is 0 Å². The molecule has 0 saturated carbocycles. The number of carbonyl (C=O) groups is 1. The number of amides is 1. The van der Waals surface area contributed by atoms with Crippen molar-refractivity contribution in [2.45, 2.75) is 24.7 Å². The minimum atomic E-state index is -3.63. The third-order valence-electron chi connectivity index (χ3n) is 4.83. The van der Waals surface area contributed by atoms with E-state index in [9.17, 15) is 13.2 Å². The summed E-state index contributed by atoms with van der Waals surface area (Å²) in [5.41, 5.74) is 0.916. The zero-order valence-electron chi connectivity index (χ0n) is 14.3. The average Bonchev–Trinajstić information content (AvgIpc) is 2.61. The molecule has 0 aliphatic carbocycles. The summed E-state index contributed by atoms with van der Waals surface area (Å²) in [6, 6.07) is 4.95. The molecule has 138 valence electrons. The Morgan fingerprint density at radius 1 is 1.16 bits per heavy atom. The second-order valence-electron chi connectivity index (χ2n) is 6.55. The zero-order valence-corrected chi connectivity index (χ0v) is 15.9. The molecule has 2 aliphatic rings. The van der Waals surface area contributed by atoms with E-state index in [0.717, 1.165) is 5.56 Å². The van der Waals surface area contributed by atoms with Gasteiger partial charge in [-0.25, -0.2) is 8.42 Å². The van der Waals surface area contributed by atoms with Crippen molar-refractivity contribution >= 4 is 27.5 Å². The number of morpholine rings is 1. The third kappa shape index (κ3) is 4.00. The fourth-order valence-electron chi connectivity index (χ4n) is 3.34. The van der Waals surface area contributed by atoms with Crippen molar-refractivity contribution in [2.75, 3.05) is 39.4 Å². The maximum atomic E-state index is 12.8. The normalized spacial score (nSPS) is 20.6. The second-order valence-corrected chi connectivity index (χ2v) is 8.86. The van der Waals surface area contributed by atoms with Crippen LogP contribution >= 0.6 is 11.6 Å². The highest BCUT2D eigenvalue weighted by Crippen LogP contribution is 2.29. The molecule has 6 nitrogen and oxygen atoms in total. The smallest absolute Gasteiger partial charge is 0.244 e. The Hall–Kier alpha value is -1.15. The topological polar surface area (TPSA) is 66.9 Å². The van der Waals surface area contributed by atoms with Crippen LogP contribution in [0.5, 0.6) is 0 Å². The number of nitrogens with zero attached hydrogens (tertiary/aromatic N) is 2. The van der Waals surface area contributed by atoms with Gasteiger partial charge in [0.05, 0.1) is 18.2 Å². The van der Waals surface area contributed by atoms with E-state index >= 15 is 0 Å². The van der Waals surface area contributed by atoms with Crippen LogP contribution in [-0.2, 0) is 19.6 Å². The Balaban J connectivity index is 1.66. The highest BCUT2D eigenvalue weighted by atomic mass is 35.5. The average molecular weight is 387 g/mol. The maximum absolute atomic E-state index is 12.8. The highest BCUT2D eigenvalue weighted by Gasteiger charge is 2.34. The molecule has 2 heterocycles. The van der Waals surface area contributed by atoms with Gasteiger partial charge in [-0.2, -0.15) is 4.31 Å². The Bertz CT molecular complexity index is 739. The number of rotatable bonds is 3. The second kappa shape index (κ2) is 7.61. The summed E-state index contributed by atoms with van der Waals surface area (Å²) in [4.78, 5) is 14.5. The molecule has 1 amide bonds. The van der Waals surface area contributed by atoms with Gasteiger partial charge in [-0.15, -0.1) is 0 Å². The lowest BCUT2D eigenvalue weighted by Gasteiger charge is -2.35. The highest BCUT2D eigenvalue weighted by molar-refractivity contribution is 7.89. The van der Waals surface area contributed by atoms with E-state index in [2.05, 4.69) is 0 Å². The van der Waals surface area contributed by atoms with Crippen molar-refractivity contribution in [3.8, 4) is 0 Å². The van der Waals surface area contributed by atoms with Gasteiger partial charge in [0, 0.05) is 32.1 Å². The van der Waals surface area contributed by atoms with Gasteiger partial charge in [-0.1, -0.05) is 17.7 Å². The zero-order chi connectivity index (χ0) is 18.0. The molecule has 0 bridgehead atoms. The predicted octanol–water partition coefficient (Wildman–Crippen LogP) is 1.91. The van der Waals surface area contributed by atoms with Gasteiger partial charge in [0.15, 0.2) is 0 Å². The Kier molecular flexibility index (Phi) is 5.68. The van der Waals surface area contributed by atoms with Crippen molar-refractivity contribution in [3.05, 3.63) is 28.8 Å². The van der Waals surface area contributed by atoms with Crippen LogP contribution in [0.25, 0.3) is 0 Å². The van der Waals surface area contributed by atoms with Crippen LogP contribution in [0.3, 0.4) is 0 Å². The minimum Gasteiger partial charge on any atom is -0.378 e. The molecule has 1 aromatic carbocycles. The number of aryl methyl sites for hydroxylation is 1. The summed E-state index contributed by atoms with van der Waals surface area (Å²) in [5, 5.41) is 0.242. The maximum Gasteiger partial charge on any atom is 0.244 e. The molecule has 0 spiro atoms. The summed E-state index contributed by atoms with van der Waals surface area (Å²) >= 11 is 6.14. The van der Waals surface area contributed by atoms with Gasteiger partial charge in [0.25, 0.3) is 0 Å². The van der Waals surface area contributed by atoms with E-state index < -0.39 is 10.0 Å². The first-order valence-electron chi connectivity index (χ1n) is 8.52. The molecule has 8 heteroatoms. The van der Waals surface area contributed by atoms with Gasteiger partial charge in [-0.05, 0) is 37.5 Å². The summed E-state index contributed by atoms with van der Waals surface area (Å²) in [6.45, 7) is 4.94. The number of carbonyl (C=O) groups excluding carboxylic acids is 1. The van der Waals surface area contributed by atoms with E-state index in [-0.39, 0.29) is 21.7 Å². The first-order chi connectivity index (χ1) is 11.9. The quantitative estimate of drug-likeness (QED) is 0.795. The van der Waals surface area contributed by atoms with Crippen LogP contribution in [0.1, 0.15) is 18.4 Å². The lowest BCUT2D eigenvalue weighted by atomic mass is 9.96. The van der Waals surface area contributed by atoms with E-state index in [1.165, 1.54) is 4.31 Å². The molecule has 1 aromatic rings. The first kappa shape index (κ1) is 18.6. The number of halogens is 1. The molecule has 2 fully saturated rings. The van der Waals surface area contributed by atoms with Crippen LogP contribution in [0, 0.1) is 12.8 Å². The SMILES string of the molecule is Cc1ccc(S(=O)(=O)N2CCC(C(=O)N3CCOCC3)CC2)c(Cl)c1. The fourth-order valence-corrected chi connectivity index (χ4v) is 5.38. The van der Waals surface area contributed by atoms with Crippen molar-refractivity contribution in [1.82, 2.24) is 9.21 Å². The van der Waals surface area contributed by atoms with Crippen LogP contribution in [0.4, 0.5) is 0 Å². The van der Waals surface area contributed by atoms with E-state index in [0.29, 0.717) is 52.2 Å². The molecule has 3 rings (SSSR count). The monoisotopic (exact) mass is 386 g/mol. The first-order valence-corrected chi connectivity index (χ1v) is 10.3. The summed E-state index contributed by atoms with van der Waals surface area (Å²) in [7, 11) is -3.63. The Labute approximate surface area is 153 Å². The van der Waals surface area contributed by atoms with Crippen LogP contribution in [-0.4, -0.2) is 62.9 Å². The number of sulfonamides is 1. The molecule has 0 unspecified atom stereocenters. The Morgan fingerprint density at radius 3 is 2.40 bits per heavy atom. The van der Waals surface area contributed by atoms with Crippen molar-refractivity contribution in [3.63, 3.8) is 0 Å². The molecular weight excluding hydrogens is 364 g/mol. The molecule has 0 N–H and O–H groups in total. The van der Waals surface area contributed by atoms with Gasteiger partial charge in [-0.3, -0.25) is 4.79 Å². The fraction of sp³-hybridized carbons (Fsp3) is 0.588.